The number of nitrogens with one attached hydrogen (secondary N) is 2. The molecule has 0 aliphatic carbocycles. The fraction of sp³-hybridized carbons (Fsp3) is 0.533. The molecule has 108 valence electrons. The van der Waals surface area contributed by atoms with E-state index >= 15 is 0 Å². The molecule has 1 aromatic carbocycles. The first-order chi connectivity index (χ1) is 9.69. The van der Waals surface area contributed by atoms with Gasteiger partial charge in [0.1, 0.15) is 0 Å². The molecule has 2 aliphatic rings. The van der Waals surface area contributed by atoms with E-state index in [2.05, 4.69) is 38.1 Å². The van der Waals surface area contributed by atoms with E-state index in [0.717, 1.165) is 28.8 Å². The summed E-state index contributed by atoms with van der Waals surface area (Å²) >= 11 is 2.26. The molecule has 0 saturated carbocycles. The summed E-state index contributed by atoms with van der Waals surface area (Å²) in [6, 6.07) is 9.16. The van der Waals surface area contributed by atoms with Crippen molar-refractivity contribution in [3.8, 4) is 0 Å². The number of carbonyl (C=O) groups is 1. The molecule has 2 bridgehead atoms. The van der Waals surface area contributed by atoms with Gasteiger partial charge in [-0.3, -0.25) is 9.69 Å². The molecule has 2 aliphatic heterocycles. The summed E-state index contributed by atoms with van der Waals surface area (Å²) < 4.78 is 1.14. The number of fused-ring (bicyclic) bond motifs is 2. The van der Waals surface area contributed by atoms with E-state index < -0.39 is 0 Å². The van der Waals surface area contributed by atoms with Gasteiger partial charge in [-0.1, -0.05) is 6.07 Å². The molecular weight excluding hydrogens is 365 g/mol. The average molecular weight is 385 g/mol. The van der Waals surface area contributed by atoms with Crippen LogP contribution in [0.15, 0.2) is 24.3 Å². The quantitative estimate of drug-likeness (QED) is 0.784. The highest BCUT2D eigenvalue weighted by molar-refractivity contribution is 14.1. The number of rotatable bonds is 3. The predicted octanol–water partition coefficient (Wildman–Crippen LogP) is 2.06. The molecule has 1 amide bonds. The molecule has 2 N–H and O–H groups in total. The molecule has 2 saturated heterocycles. The third kappa shape index (κ3) is 3.71. The Kier molecular flexibility index (Phi) is 4.58. The van der Waals surface area contributed by atoms with Crippen molar-refractivity contribution < 1.29 is 4.79 Å². The third-order valence-electron chi connectivity index (χ3n) is 4.08. The first-order valence-corrected chi connectivity index (χ1v) is 8.31. The van der Waals surface area contributed by atoms with Crippen molar-refractivity contribution in [1.82, 2.24) is 10.2 Å². The Bertz CT molecular complexity index is 494. The van der Waals surface area contributed by atoms with E-state index in [0.29, 0.717) is 18.6 Å². The maximum absolute atomic E-state index is 12.1. The van der Waals surface area contributed by atoms with Gasteiger partial charge in [0.2, 0.25) is 5.91 Å². The summed E-state index contributed by atoms with van der Waals surface area (Å²) in [7, 11) is 0. The zero-order valence-corrected chi connectivity index (χ0v) is 13.6. The highest BCUT2D eigenvalue weighted by Crippen LogP contribution is 2.20. The lowest BCUT2D eigenvalue weighted by Crippen LogP contribution is -2.39. The number of hydrogen-bond acceptors (Lipinski definition) is 3. The zero-order valence-electron chi connectivity index (χ0n) is 11.4. The van der Waals surface area contributed by atoms with Crippen molar-refractivity contribution in [2.45, 2.75) is 31.3 Å². The molecule has 0 radical (unpaired) electrons. The molecule has 2 fully saturated rings. The largest absolute Gasteiger partial charge is 0.325 e. The monoisotopic (exact) mass is 385 g/mol. The minimum atomic E-state index is 0.0878. The van der Waals surface area contributed by atoms with Crippen LogP contribution in [0.4, 0.5) is 5.69 Å². The van der Waals surface area contributed by atoms with E-state index in [4.69, 9.17) is 0 Å². The van der Waals surface area contributed by atoms with Gasteiger partial charge in [0.05, 0.1) is 6.54 Å². The van der Waals surface area contributed by atoms with Gasteiger partial charge in [-0.15, -0.1) is 0 Å². The Labute approximate surface area is 133 Å². The molecular formula is C15H20IN3O. The molecule has 20 heavy (non-hydrogen) atoms. The molecule has 3 rings (SSSR count). The van der Waals surface area contributed by atoms with Gasteiger partial charge in [-0.2, -0.15) is 0 Å². The van der Waals surface area contributed by atoms with Gasteiger partial charge in [-0.25, -0.2) is 0 Å². The van der Waals surface area contributed by atoms with Crippen molar-refractivity contribution in [1.29, 1.82) is 0 Å². The van der Waals surface area contributed by atoms with Crippen molar-refractivity contribution in [2.24, 2.45) is 0 Å². The SMILES string of the molecule is O=C(CN1CCC2CCC(C1)N2)Nc1cccc(I)c1. The minimum Gasteiger partial charge on any atom is -0.325 e. The smallest absolute Gasteiger partial charge is 0.238 e. The summed E-state index contributed by atoms with van der Waals surface area (Å²) in [4.78, 5) is 14.4. The van der Waals surface area contributed by atoms with Crippen LogP contribution in [-0.2, 0) is 4.79 Å². The zero-order chi connectivity index (χ0) is 13.9. The number of hydrogen-bond donors (Lipinski definition) is 2. The van der Waals surface area contributed by atoms with Crippen molar-refractivity contribution in [3.05, 3.63) is 27.8 Å². The van der Waals surface area contributed by atoms with Gasteiger partial charge in [0.25, 0.3) is 0 Å². The topological polar surface area (TPSA) is 44.4 Å². The number of nitrogens with zero attached hydrogens (tertiary/aromatic N) is 1. The average Bonchev–Trinajstić information content (AvgIpc) is 2.73. The summed E-state index contributed by atoms with van der Waals surface area (Å²) in [5.41, 5.74) is 0.886. The van der Waals surface area contributed by atoms with Crippen molar-refractivity contribution in [2.75, 3.05) is 25.0 Å². The van der Waals surface area contributed by atoms with Crippen LogP contribution in [0.25, 0.3) is 0 Å². The van der Waals surface area contributed by atoms with Crippen LogP contribution in [0, 0.1) is 3.57 Å². The van der Waals surface area contributed by atoms with E-state index in [1.165, 1.54) is 12.8 Å². The number of halogens is 1. The Balaban J connectivity index is 1.53. The van der Waals surface area contributed by atoms with Gasteiger partial charge in [-0.05, 0) is 60.1 Å². The Morgan fingerprint density at radius 1 is 1.35 bits per heavy atom. The number of anilines is 1. The standard InChI is InChI=1S/C15H20IN3O/c16-11-2-1-3-13(8-11)18-15(20)10-19-7-6-12-4-5-14(9-19)17-12/h1-3,8,12,14,17H,4-7,9-10H2,(H,18,20). The number of amides is 1. The van der Waals surface area contributed by atoms with Gasteiger partial charge in [0.15, 0.2) is 0 Å². The highest BCUT2D eigenvalue weighted by Gasteiger charge is 2.29. The Hall–Kier alpha value is -0.660. The van der Waals surface area contributed by atoms with Crippen LogP contribution in [0.1, 0.15) is 19.3 Å². The number of benzene rings is 1. The van der Waals surface area contributed by atoms with Crippen LogP contribution >= 0.6 is 22.6 Å². The van der Waals surface area contributed by atoms with Gasteiger partial charge < -0.3 is 10.6 Å². The van der Waals surface area contributed by atoms with Crippen LogP contribution in [0.3, 0.4) is 0 Å². The normalized spacial score (nSPS) is 26.2. The Morgan fingerprint density at radius 3 is 3.05 bits per heavy atom. The second-order valence-corrected chi connectivity index (χ2v) is 6.97. The maximum Gasteiger partial charge on any atom is 0.238 e. The minimum absolute atomic E-state index is 0.0878. The van der Waals surface area contributed by atoms with E-state index in [-0.39, 0.29) is 5.91 Å². The predicted molar refractivity (Wildman–Crippen MR) is 88.8 cm³/mol. The summed E-state index contributed by atoms with van der Waals surface area (Å²) in [5.74, 6) is 0.0878. The van der Waals surface area contributed by atoms with Crippen LogP contribution < -0.4 is 10.6 Å². The Morgan fingerprint density at radius 2 is 2.20 bits per heavy atom. The molecule has 4 nitrogen and oxygen atoms in total. The van der Waals surface area contributed by atoms with E-state index in [1.807, 2.05) is 24.3 Å². The molecule has 0 spiro atoms. The first kappa shape index (κ1) is 14.3. The van der Waals surface area contributed by atoms with E-state index in [1.54, 1.807) is 0 Å². The van der Waals surface area contributed by atoms with Crippen molar-refractivity contribution >= 4 is 34.2 Å². The van der Waals surface area contributed by atoms with Crippen LogP contribution in [0.5, 0.6) is 0 Å². The first-order valence-electron chi connectivity index (χ1n) is 7.23. The third-order valence-corrected chi connectivity index (χ3v) is 4.75. The molecule has 2 atom stereocenters. The fourth-order valence-corrected chi connectivity index (χ4v) is 3.67. The molecule has 5 heteroatoms. The maximum atomic E-state index is 12.1. The molecule has 2 unspecified atom stereocenters. The summed E-state index contributed by atoms with van der Waals surface area (Å²) in [6.45, 7) is 2.51. The molecule has 0 aromatic heterocycles. The van der Waals surface area contributed by atoms with Crippen LogP contribution in [0.2, 0.25) is 0 Å². The fourth-order valence-electron chi connectivity index (χ4n) is 3.13. The second kappa shape index (κ2) is 6.41. The number of likely N-dealkylation sites (tertiary alicyclic amines) is 1. The van der Waals surface area contributed by atoms with Gasteiger partial charge in [0, 0.05) is 34.4 Å². The van der Waals surface area contributed by atoms with Crippen molar-refractivity contribution in [3.63, 3.8) is 0 Å². The molecule has 2 heterocycles. The lowest BCUT2D eigenvalue weighted by atomic mass is 10.1. The summed E-state index contributed by atoms with van der Waals surface area (Å²) in [6.07, 6.45) is 3.71. The highest BCUT2D eigenvalue weighted by atomic mass is 127. The van der Waals surface area contributed by atoms with Crippen LogP contribution in [-0.4, -0.2) is 42.5 Å². The van der Waals surface area contributed by atoms with Gasteiger partial charge >= 0.3 is 0 Å². The number of carbonyl (C=O) groups excluding carboxylic acids is 1. The molecule has 1 aromatic rings. The lowest BCUT2D eigenvalue weighted by molar-refractivity contribution is -0.117. The van der Waals surface area contributed by atoms with E-state index in [9.17, 15) is 4.79 Å². The summed E-state index contributed by atoms with van der Waals surface area (Å²) in [5, 5.41) is 6.63. The lowest BCUT2D eigenvalue weighted by Gasteiger charge is -2.23. The second-order valence-electron chi connectivity index (χ2n) is 5.72.